The molecular formula is C28H35N3O3. The summed E-state index contributed by atoms with van der Waals surface area (Å²) in [5.41, 5.74) is 2.95. The lowest BCUT2D eigenvalue weighted by molar-refractivity contribution is -0.133. The molecule has 0 aliphatic heterocycles. The summed E-state index contributed by atoms with van der Waals surface area (Å²) >= 11 is 0. The number of amides is 3. The minimum absolute atomic E-state index is 0.0103. The van der Waals surface area contributed by atoms with E-state index in [1.54, 1.807) is 9.80 Å². The number of furan rings is 1. The van der Waals surface area contributed by atoms with Crippen molar-refractivity contribution in [3.8, 4) is 0 Å². The zero-order valence-corrected chi connectivity index (χ0v) is 20.6. The molecule has 0 aliphatic rings. The van der Waals surface area contributed by atoms with Crippen LogP contribution in [0.3, 0.4) is 0 Å². The average molecular weight is 462 g/mol. The Morgan fingerprint density at radius 2 is 1.59 bits per heavy atom. The zero-order valence-electron chi connectivity index (χ0n) is 20.6. The maximum Gasteiger partial charge on any atom is 0.322 e. The minimum atomic E-state index is -0.278. The van der Waals surface area contributed by atoms with Gasteiger partial charge in [-0.2, -0.15) is 0 Å². The van der Waals surface area contributed by atoms with E-state index >= 15 is 0 Å². The quantitative estimate of drug-likeness (QED) is 0.411. The number of anilines is 1. The highest BCUT2D eigenvalue weighted by atomic mass is 16.3. The predicted molar refractivity (Wildman–Crippen MR) is 135 cm³/mol. The van der Waals surface area contributed by atoms with Crippen molar-refractivity contribution in [3.63, 3.8) is 0 Å². The highest BCUT2D eigenvalue weighted by Gasteiger charge is 2.23. The van der Waals surface area contributed by atoms with Crippen LogP contribution in [0, 0.1) is 12.8 Å². The molecule has 0 aliphatic carbocycles. The Morgan fingerprint density at radius 3 is 2.18 bits per heavy atom. The van der Waals surface area contributed by atoms with Gasteiger partial charge >= 0.3 is 6.03 Å². The Kier molecular flexibility index (Phi) is 8.91. The van der Waals surface area contributed by atoms with E-state index in [2.05, 4.69) is 12.2 Å². The second-order valence-electron chi connectivity index (χ2n) is 9.00. The number of rotatable bonds is 10. The number of nitrogens with one attached hydrogen (secondary N) is 1. The number of nitrogens with zero attached hydrogens (tertiary/aromatic N) is 2. The third kappa shape index (κ3) is 7.51. The Labute approximate surface area is 202 Å². The third-order valence-electron chi connectivity index (χ3n) is 5.52. The summed E-state index contributed by atoms with van der Waals surface area (Å²) < 4.78 is 5.73. The molecule has 0 spiro atoms. The van der Waals surface area contributed by atoms with Crippen LogP contribution in [0.5, 0.6) is 0 Å². The average Bonchev–Trinajstić information content (AvgIpc) is 3.23. The first-order valence-corrected chi connectivity index (χ1v) is 11.9. The minimum Gasteiger partial charge on any atom is -0.464 e. The molecule has 3 rings (SSSR count). The number of urea groups is 1. The molecule has 3 amide bonds. The van der Waals surface area contributed by atoms with Crippen molar-refractivity contribution < 1.29 is 14.0 Å². The lowest BCUT2D eigenvalue weighted by Crippen LogP contribution is -2.45. The molecule has 1 aromatic heterocycles. The van der Waals surface area contributed by atoms with E-state index in [4.69, 9.17) is 4.42 Å². The van der Waals surface area contributed by atoms with E-state index in [1.807, 2.05) is 87.5 Å². The van der Waals surface area contributed by atoms with E-state index in [1.165, 1.54) is 5.56 Å². The van der Waals surface area contributed by atoms with Crippen molar-refractivity contribution in [1.29, 1.82) is 0 Å². The molecule has 180 valence electrons. The van der Waals surface area contributed by atoms with Crippen molar-refractivity contribution in [2.75, 3.05) is 18.4 Å². The highest BCUT2D eigenvalue weighted by Crippen LogP contribution is 2.15. The molecule has 6 nitrogen and oxygen atoms in total. The summed E-state index contributed by atoms with van der Waals surface area (Å²) in [5.74, 6) is 1.61. The number of aryl methyl sites for hydroxylation is 2. The smallest absolute Gasteiger partial charge is 0.322 e. The lowest BCUT2D eigenvalue weighted by atomic mass is 10.1. The van der Waals surface area contributed by atoms with Crippen molar-refractivity contribution in [1.82, 2.24) is 9.80 Å². The molecule has 2 aromatic carbocycles. The van der Waals surface area contributed by atoms with E-state index in [-0.39, 0.29) is 24.4 Å². The van der Waals surface area contributed by atoms with Crippen LogP contribution in [0.25, 0.3) is 0 Å². The van der Waals surface area contributed by atoms with Crippen molar-refractivity contribution in [2.45, 2.75) is 47.2 Å². The normalized spacial score (nSPS) is 10.9. The van der Waals surface area contributed by atoms with Gasteiger partial charge in [-0.25, -0.2) is 4.79 Å². The van der Waals surface area contributed by atoms with Gasteiger partial charge in [-0.05, 0) is 54.7 Å². The third-order valence-corrected chi connectivity index (χ3v) is 5.52. The standard InChI is InChI=1S/C28H35N3O3/c1-5-23-12-14-25(15-13-23)29-28(33)31(17-21(2)3)20-27(32)30(18-24-9-7-6-8-10-24)19-26-16-11-22(4)34-26/h6-16,21H,5,17-20H2,1-4H3,(H,29,33). The van der Waals surface area contributed by atoms with Crippen LogP contribution in [-0.2, 0) is 24.3 Å². The largest absolute Gasteiger partial charge is 0.464 e. The van der Waals surface area contributed by atoms with Crippen LogP contribution in [0.4, 0.5) is 10.5 Å². The SMILES string of the molecule is CCc1ccc(NC(=O)N(CC(=O)N(Cc2ccccc2)Cc2ccc(C)o2)CC(C)C)cc1. The van der Waals surface area contributed by atoms with Gasteiger partial charge in [0.1, 0.15) is 18.1 Å². The molecule has 1 N–H and O–H groups in total. The molecule has 0 atom stereocenters. The molecule has 0 unspecified atom stereocenters. The van der Waals surface area contributed by atoms with Gasteiger partial charge in [-0.1, -0.05) is 63.2 Å². The van der Waals surface area contributed by atoms with Crippen LogP contribution < -0.4 is 5.32 Å². The summed E-state index contributed by atoms with van der Waals surface area (Å²) in [6.45, 7) is 9.30. The maximum atomic E-state index is 13.5. The monoisotopic (exact) mass is 461 g/mol. The highest BCUT2D eigenvalue weighted by molar-refractivity contribution is 5.92. The van der Waals surface area contributed by atoms with Gasteiger partial charge in [0, 0.05) is 18.8 Å². The Hall–Kier alpha value is -3.54. The van der Waals surface area contributed by atoms with E-state index in [0.717, 1.165) is 29.2 Å². The van der Waals surface area contributed by atoms with Crippen LogP contribution in [-0.4, -0.2) is 34.8 Å². The second-order valence-corrected chi connectivity index (χ2v) is 9.00. The summed E-state index contributed by atoms with van der Waals surface area (Å²) in [7, 11) is 0. The van der Waals surface area contributed by atoms with Crippen molar-refractivity contribution in [2.24, 2.45) is 5.92 Å². The second kappa shape index (κ2) is 12.1. The number of hydrogen-bond donors (Lipinski definition) is 1. The van der Waals surface area contributed by atoms with Gasteiger partial charge in [-0.3, -0.25) is 4.79 Å². The summed E-state index contributed by atoms with van der Waals surface area (Å²) in [5, 5.41) is 2.94. The molecule has 6 heteroatoms. The zero-order chi connectivity index (χ0) is 24.5. The fourth-order valence-electron chi connectivity index (χ4n) is 3.74. The van der Waals surface area contributed by atoms with Crippen LogP contribution in [0.2, 0.25) is 0 Å². The fourth-order valence-corrected chi connectivity index (χ4v) is 3.74. The van der Waals surface area contributed by atoms with Gasteiger partial charge in [0.05, 0.1) is 6.54 Å². The van der Waals surface area contributed by atoms with Gasteiger partial charge < -0.3 is 19.5 Å². The molecule has 34 heavy (non-hydrogen) atoms. The molecule has 0 bridgehead atoms. The molecular weight excluding hydrogens is 426 g/mol. The number of hydrogen-bond acceptors (Lipinski definition) is 3. The van der Waals surface area contributed by atoms with Gasteiger partial charge in [0.2, 0.25) is 5.91 Å². The number of carbonyl (C=O) groups excluding carboxylic acids is 2. The molecule has 3 aromatic rings. The van der Waals surface area contributed by atoms with Crippen molar-refractivity contribution >= 4 is 17.6 Å². The lowest BCUT2D eigenvalue weighted by Gasteiger charge is -2.28. The van der Waals surface area contributed by atoms with E-state index in [9.17, 15) is 9.59 Å². The van der Waals surface area contributed by atoms with E-state index in [0.29, 0.717) is 19.6 Å². The Bertz CT molecular complexity index is 1060. The molecule has 0 saturated carbocycles. The molecule has 1 heterocycles. The first-order chi connectivity index (χ1) is 16.3. The molecule has 0 saturated heterocycles. The Balaban J connectivity index is 1.75. The predicted octanol–water partition coefficient (Wildman–Crippen LogP) is 5.87. The van der Waals surface area contributed by atoms with E-state index < -0.39 is 0 Å². The summed E-state index contributed by atoms with van der Waals surface area (Å²) in [6.07, 6.45) is 0.939. The maximum absolute atomic E-state index is 13.5. The van der Waals surface area contributed by atoms with Crippen molar-refractivity contribution in [3.05, 3.63) is 89.4 Å². The Morgan fingerprint density at radius 1 is 0.882 bits per heavy atom. The van der Waals surface area contributed by atoms with Gasteiger partial charge in [0.15, 0.2) is 0 Å². The van der Waals surface area contributed by atoms with Crippen LogP contribution in [0.1, 0.15) is 43.4 Å². The van der Waals surface area contributed by atoms with Gasteiger partial charge in [-0.15, -0.1) is 0 Å². The molecule has 0 radical (unpaired) electrons. The first kappa shape index (κ1) is 25.1. The first-order valence-electron chi connectivity index (χ1n) is 11.9. The summed E-state index contributed by atoms with van der Waals surface area (Å²) in [4.78, 5) is 29.9. The summed E-state index contributed by atoms with van der Waals surface area (Å²) in [6, 6.07) is 21.1. The van der Waals surface area contributed by atoms with Crippen LogP contribution >= 0.6 is 0 Å². The van der Waals surface area contributed by atoms with Crippen LogP contribution in [0.15, 0.2) is 71.1 Å². The topological polar surface area (TPSA) is 65.8 Å². The van der Waals surface area contributed by atoms with Gasteiger partial charge in [0.25, 0.3) is 0 Å². The number of carbonyl (C=O) groups is 2. The molecule has 0 fully saturated rings. The number of benzene rings is 2. The fraction of sp³-hybridized carbons (Fsp3) is 0.357.